The molecule has 112 valence electrons. The fourth-order valence-electron chi connectivity index (χ4n) is 2.34. The second-order valence-electron chi connectivity index (χ2n) is 5.11. The molecule has 0 aliphatic heterocycles. The molecule has 1 saturated carbocycles. The van der Waals surface area contributed by atoms with Gasteiger partial charge in [-0.15, -0.1) is 6.58 Å². The molecular weight excluding hydrogens is 256 g/mol. The van der Waals surface area contributed by atoms with E-state index in [2.05, 4.69) is 13.2 Å². The number of carbonyl (C=O) groups is 2. The van der Waals surface area contributed by atoms with Crippen LogP contribution in [0, 0.1) is 11.3 Å². The number of carbonyl (C=O) groups excluding carboxylic acids is 2. The first kappa shape index (κ1) is 16.5. The third-order valence-electron chi connectivity index (χ3n) is 3.63. The van der Waals surface area contributed by atoms with Crippen LogP contribution in [0.4, 0.5) is 0 Å². The van der Waals surface area contributed by atoms with Crippen LogP contribution < -0.4 is 0 Å². The van der Waals surface area contributed by atoms with Crippen LogP contribution in [0.15, 0.2) is 24.8 Å². The summed E-state index contributed by atoms with van der Waals surface area (Å²) in [4.78, 5) is 24.7. The van der Waals surface area contributed by atoms with Crippen LogP contribution in [0.3, 0.4) is 0 Å². The first-order valence-corrected chi connectivity index (χ1v) is 7.14. The highest BCUT2D eigenvalue weighted by Gasteiger charge is 2.52. The van der Waals surface area contributed by atoms with Crippen molar-refractivity contribution in [3.63, 3.8) is 0 Å². The second-order valence-corrected chi connectivity index (χ2v) is 5.11. The van der Waals surface area contributed by atoms with Gasteiger partial charge < -0.3 is 9.47 Å². The van der Waals surface area contributed by atoms with Crippen LogP contribution in [0.25, 0.3) is 0 Å². The fraction of sp³-hybridized carbons (Fsp3) is 0.625. The quantitative estimate of drug-likeness (QED) is 0.370. The third kappa shape index (κ3) is 3.71. The lowest BCUT2D eigenvalue weighted by Crippen LogP contribution is -2.42. The van der Waals surface area contributed by atoms with Gasteiger partial charge in [-0.2, -0.15) is 0 Å². The number of esters is 2. The number of hydrogen-bond acceptors (Lipinski definition) is 4. The molecule has 0 spiro atoms. The summed E-state index contributed by atoms with van der Waals surface area (Å²) in [6.07, 6.45) is 3.94. The Morgan fingerprint density at radius 3 is 2.15 bits per heavy atom. The molecule has 1 unspecified atom stereocenters. The van der Waals surface area contributed by atoms with Gasteiger partial charge in [-0.05, 0) is 45.4 Å². The molecule has 0 heterocycles. The van der Waals surface area contributed by atoms with Gasteiger partial charge in [-0.25, -0.2) is 0 Å². The van der Waals surface area contributed by atoms with Gasteiger partial charge in [0, 0.05) is 0 Å². The van der Waals surface area contributed by atoms with Crippen molar-refractivity contribution in [1.82, 2.24) is 0 Å². The van der Waals surface area contributed by atoms with Gasteiger partial charge >= 0.3 is 11.9 Å². The Labute approximate surface area is 120 Å². The molecule has 1 aliphatic carbocycles. The summed E-state index contributed by atoms with van der Waals surface area (Å²) in [7, 11) is 0. The lowest BCUT2D eigenvalue weighted by molar-refractivity contribution is -0.173. The van der Waals surface area contributed by atoms with Crippen molar-refractivity contribution in [3.05, 3.63) is 24.8 Å². The van der Waals surface area contributed by atoms with Crippen molar-refractivity contribution in [2.45, 2.75) is 39.5 Å². The van der Waals surface area contributed by atoms with Gasteiger partial charge in [0.15, 0.2) is 5.41 Å². The summed E-state index contributed by atoms with van der Waals surface area (Å²) in [5, 5.41) is 0. The molecule has 4 nitrogen and oxygen atoms in total. The predicted octanol–water partition coefficient (Wildman–Crippen LogP) is 3.03. The van der Waals surface area contributed by atoms with Crippen LogP contribution >= 0.6 is 0 Å². The van der Waals surface area contributed by atoms with Gasteiger partial charge in [-0.3, -0.25) is 9.59 Å². The zero-order chi connectivity index (χ0) is 15.2. The largest absolute Gasteiger partial charge is 0.465 e. The van der Waals surface area contributed by atoms with E-state index in [1.165, 1.54) is 0 Å². The van der Waals surface area contributed by atoms with Crippen molar-refractivity contribution in [2.75, 3.05) is 13.2 Å². The monoisotopic (exact) mass is 280 g/mol. The molecule has 0 N–H and O–H groups in total. The molecule has 0 amide bonds. The van der Waals surface area contributed by atoms with Gasteiger partial charge in [0.05, 0.1) is 13.2 Å². The minimum absolute atomic E-state index is 0.216. The maximum absolute atomic E-state index is 12.4. The van der Waals surface area contributed by atoms with E-state index in [4.69, 9.17) is 9.47 Å². The maximum Gasteiger partial charge on any atom is 0.323 e. The summed E-state index contributed by atoms with van der Waals surface area (Å²) >= 11 is 0. The molecule has 0 saturated heterocycles. The van der Waals surface area contributed by atoms with E-state index in [9.17, 15) is 9.59 Å². The summed E-state index contributed by atoms with van der Waals surface area (Å²) in [6.45, 7) is 11.5. The van der Waals surface area contributed by atoms with Crippen molar-refractivity contribution >= 4 is 11.9 Å². The van der Waals surface area contributed by atoms with Crippen molar-refractivity contribution in [2.24, 2.45) is 11.3 Å². The molecule has 0 radical (unpaired) electrons. The SMILES string of the molecule is C=CCCC(CC1CC1=C)(C(=O)OCC)C(=O)OCC. The van der Waals surface area contributed by atoms with Gasteiger partial charge in [0.2, 0.25) is 0 Å². The maximum atomic E-state index is 12.4. The Bertz CT molecular complexity index is 379. The van der Waals surface area contributed by atoms with E-state index >= 15 is 0 Å². The first-order valence-electron chi connectivity index (χ1n) is 7.14. The zero-order valence-corrected chi connectivity index (χ0v) is 12.4. The van der Waals surface area contributed by atoms with Crippen molar-refractivity contribution < 1.29 is 19.1 Å². The van der Waals surface area contributed by atoms with Crippen LogP contribution in [0.5, 0.6) is 0 Å². The molecule has 0 aromatic heterocycles. The van der Waals surface area contributed by atoms with E-state index in [1.54, 1.807) is 19.9 Å². The molecule has 1 atom stereocenters. The highest BCUT2D eigenvalue weighted by atomic mass is 16.6. The number of rotatable bonds is 9. The summed E-state index contributed by atoms with van der Waals surface area (Å²) in [5.74, 6) is -0.756. The molecule has 0 bridgehead atoms. The molecule has 0 aromatic carbocycles. The number of hydrogen-bond donors (Lipinski definition) is 0. The number of ether oxygens (including phenoxy) is 2. The second kappa shape index (κ2) is 7.27. The molecular formula is C16H24O4. The van der Waals surface area contributed by atoms with Gasteiger partial charge in [-0.1, -0.05) is 18.2 Å². The minimum Gasteiger partial charge on any atom is -0.465 e. The highest BCUT2D eigenvalue weighted by molar-refractivity contribution is 6.00. The summed E-state index contributed by atoms with van der Waals surface area (Å²) in [5.41, 5.74) is -0.133. The summed E-state index contributed by atoms with van der Waals surface area (Å²) in [6, 6.07) is 0. The average Bonchev–Trinajstić information content (AvgIpc) is 3.10. The van der Waals surface area contributed by atoms with Crippen LogP contribution in [-0.4, -0.2) is 25.2 Å². The normalized spacial score (nSPS) is 17.5. The van der Waals surface area contributed by atoms with E-state index in [0.717, 1.165) is 12.0 Å². The average molecular weight is 280 g/mol. The molecule has 4 heteroatoms. The van der Waals surface area contributed by atoms with Crippen LogP contribution in [0.1, 0.15) is 39.5 Å². The van der Waals surface area contributed by atoms with Crippen LogP contribution in [0.2, 0.25) is 0 Å². The lowest BCUT2D eigenvalue weighted by atomic mass is 9.78. The molecule has 0 aromatic rings. The zero-order valence-electron chi connectivity index (χ0n) is 12.4. The minimum atomic E-state index is -1.22. The summed E-state index contributed by atoms with van der Waals surface area (Å²) < 4.78 is 10.3. The Hall–Kier alpha value is -1.58. The van der Waals surface area contributed by atoms with E-state index in [0.29, 0.717) is 19.3 Å². The fourth-order valence-corrected chi connectivity index (χ4v) is 2.34. The Balaban J connectivity index is 3.00. The van der Waals surface area contributed by atoms with Crippen LogP contribution in [-0.2, 0) is 19.1 Å². The molecule has 20 heavy (non-hydrogen) atoms. The van der Waals surface area contributed by atoms with Crippen molar-refractivity contribution in [1.29, 1.82) is 0 Å². The Morgan fingerprint density at radius 1 is 1.30 bits per heavy atom. The third-order valence-corrected chi connectivity index (χ3v) is 3.63. The van der Waals surface area contributed by atoms with E-state index < -0.39 is 17.4 Å². The Kier molecular flexibility index (Phi) is 5.99. The first-order chi connectivity index (χ1) is 9.51. The number of allylic oxidation sites excluding steroid dienone is 2. The van der Waals surface area contributed by atoms with Gasteiger partial charge in [0.1, 0.15) is 0 Å². The standard InChI is InChI=1S/C16H24O4/c1-5-8-9-16(14(17)19-6-2,15(18)20-7-3)11-13-10-12(13)4/h5,13H,1,4,6-11H2,2-3H3. The Morgan fingerprint density at radius 2 is 1.80 bits per heavy atom. The topological polar surface area (TPSA) is 52.6 Å². The predicted molar refractivity (Wildman–Crippen MR) is 77.0 cm³/mol. The molecule has 1 aliphatic rings. The molecule has 1 fully saturated rings. The lowest BCUT2D eigenvalue weighted by Gasteiger charge is -2.28. The van der Waals surface area contributed by atoms with Crippen molar-refractivity contribution in [3.8, 4) is 0 Å². The van der Waals surface area contributed by atoms with Gasteiger partial charge in [0.25, 0.3) is 0 Å². The smallest absolute Gasteiger partial charge is 0.323 e. The van der Waals surface area contributed by atoms with E-state index in [-0.39, 0.29) is 19.1 Å². The van der Waals surface area contributed by atoms with E-state index in [1.807, 2.05) is 0 Å². The highest BCUT2D eigenvalue weighted by Crippen LogP contribution is 2.47. The molecule has 1 rings (SSSR count).